The van der Waals surface area contributed by atoms with Gasteiger partial charge in [0.2, 0.25) is 20.0 Å². The van der Waals surface area contributed by atoms with Crippen LogP contribution < -0.4 is 35.7 Å². The van der Waals surface area contributed by atoms with Crippen LogP contribution >= 0.6 is 0 Å². The molecule has 2 aliphatic heterocycles. The zero-order valence-electron chi connectivity index (χ0n) is 40.6. The van der Waals surface area contributed by atoms with E-state index in [1.807, 2.05) is 13.0 Å². The highest BCUT2D eigenvalue weighted by molar-refractivity contribution is 7.89. The Morgan fingerprint density at radius 2 is 1.11 bits per heavy atom. The Bertz CT molecular complexity index is 2840. The molecule has 0 radical (unpaired) electrons. The number of rotatable bonds is 16. The van der Waals surface area contributed by atoms with E-state index in [1.165, 1.54) is 33.9 Å². The Labute approximate surface area is 424 Å². The van der Waals surface area contributed by atoms with Gasteiger partial charge in [-0.3, -0.25) is 13.9 Å². The average Bonchev–Trinajstić information content (AvgIpc) is 4.15. The molecule has 0 bridgehead atoms. The number of imidazole rings is 2. The van der Waals surface area contributed by atoms with E-state index >= 15 is 0 Å². The fourth-order valence-corrected chi connectivity index (χ4v) is 8.10. The van der Waals surface area contributed by atoms with Gasteiger partial charge in [-0.2, -0.15) is 0 Å². The Kier molecular flexibility index (Phi) is 22.3. The maximum absolute atomic E-state index is 13.0. The van der Waals surface area contributed by atoms with Crippen LogP contribution in [0.25, 0.3) is 0 Å². The molecule has 4 aromatic carbocycles. The van der Waals surface area contributed by atoms with Gasteiger partial charge < -0.3 is 44.9 Å². The molecule has 0 aliphatic carbocycles. The van der Waals surface area contributed by atoms with Crippen molar-refractivity contribution in [3.05, 3.63) is 133 Å². The number of hydrogen-bond acceptors (Lipinski definition) is 16. The number of ether oxygens (including phenoxy) is 4. The summed E-state index contributed by atoms with van der Waals surface area (Å²) < 4.78 is 73.4. The zero-order valence-corrected chi connectivity index (χ0v) is 42.2. The second kappa shape index (κ2) is 28.7. The molecule has 8 N–H and O–H groups in total. The molecule has 8 rings (SSSR count). The van der Waals surface area contributed by atoms with E-state index in [2.05, 4.69) is 32.8 Å². The van der Waals surface area contributed by atoms with Crippen molar-refractivity contribution in [1.29, 1.82) is 0 Å². The van der Waals surface area contributed by atoms with Crippen LogP contribution in [0.1, 0.15) is 60.2 Å². The SMILES string of the molecule is C1COCCN1.CCCCNc1cc(C(=O)N2CCOCC2)cc(S(N)(=O)=O)c1Oc1ccccc1.CCCCNc1cc(C(=O)O)cc(S(N)(=O)=O)c1Oc1ccccc1.O=C(n1ccnc1)n1ccnc1. The fourth-order valence-electron chi connectivity index (χ4n) is 6.70. The summed E-state index contributed by atoms with van der Waals surface area (Å²) in [5, 5.41) is 29.4. The van der Waals surface area contributed by atoms with E-state index in [9.17, 15) is 36.3 Å². The highest BCUT2D eigenvalue weighted by Gasteiger charge is 2.27. The molecule has 0 saturated carbocycles. The number of carbonyl (C=O) groups is 3. The predicted octanol–water partition coefficient (Wildman–Crippen LogP) is 6.05. The Morgan fingerprint density at radius 3 is 1.48 bits per heavy atom. The monoisotopic (exact) mass is 1050 g/mol. The van der Waals surface area contributed by atoms with Gasteiger partial charge in [0.05, 0.1) is 43.4 Å². The number of sulfonamides is 2. The minimum absolute atomic E-state index is 0.0187. The van der Waals surface area contributed by atoms with E-state index in [1.54, 1.807) is 90.4 Å². The number of anilines is 2. The summed E-state index contributed by atoms with van der Waals surface area (Å²) in [5.41, 5.74) is 0.723. The van der Waals surface area contributed by atoms with Gasteiger partial charge in [0.25, 0.3) is 5.91 Å². The van der Waals surface area contributed by atoms with Crippen LogP contribution in [0.3, 0.4) is 0 Å². The van der Waals surface area contributed by atoms with Crippen LogP contribution in [0.5, 0.6) is 23.0 Å². The van der Waals surface area contributed by atoms with Crippen molar-refractivity contribution in [3.8, 4) is 23.0 Å². The van der Waals surface area contributed by atoms with Crippen molar-refractivity contribution in [2.75, 3.05) is 76.3 Å². The number of nitrogens with zero attached hydrogens (tertiary/aromatic N) is 5. The molecule has 73 heavy (non-hydrogen) atoms. The van der Waals surface area contributed by atoms with Gasteiger partial charge in [-0.1, -0.05) is 63.1 Å². The molecule has 0 atom stereocenters. The third kappa shape index (κ3) is 18.1. The quantitative estimate of drug-likeness (QED) is 0.0601. The normalized spacial score (nSPS) is 13.3. The minimum Gasteiger partial charge on any atom is -0.478 e. The summed E-state index contributed by atoms with van der Waals surface area (Å²) in [6, 6.07) is 22.5. The predicted molar refractivity (Wildman–Crippen MR) is 273 cm³/mol. The lowest BCUT2D eigenvalue weighted by atomic mass is 10.1. The Morgan fingerprint density at radius 1 is 0.671 bits per heavy atom. The number of morpholine rings is 2. The first-order chi connectivity index (χ1) is 35.1. The second-order valence-corrected chi connectivity index (χ2v) is 19.0. The summed E-state index contributed by atoms with van der Waals surface area (Å²) in [4.78, 5) is 44.3. The molecule has 0 unspecified atom stereocenters. The fraction of sp³-hybridized carbons (Fsp3) is 0.327. The second-order valence-electron chi connectivity index (χ2n) is 16.0. The van der Waals surface area contributed by atoms with Crippen LogP contribution in [0, 0.1) is 0 Å². The molecule has 6 aromatic rings. The molecular formula is C49H62N10O12S2. The number of carboxylic acid groups (broad SMARTS) is 1. The van der Waals surface area contributed by atoms with E-state index in [0.717, 1.165) is 58.1 Å². The zero-order chi connectivity index (χ0) is 52.6. The minimum atomic E-state index is -4.19. The van der Waals surface area contributed by atoms with Crippen LogP contribution in [-0.4, -0.2) is 130 Å². The van der Waals surface area contributed by atoms with Crippen molar-refractivity contribution < 1.29 is 55.3 Å². The number of benzene rings is 4. The number of carboxylic acids is 1. The number of aromatic nitrogens is 4. The summed E-state index contributed by atoms with van der Waals surface area (Å²) in [5.74, 6) is -0.585. The van der Waals surface area contributed by atoms with Gasteiger partial charge in [0, 0.05) is 69.6 Å². The standard InChI is InChI=1S/C21H27N3O5S.C17H20N2O5S.C7H6N4O.C4H9NO/c1-2-3-9-23-18-14-16(21(25)24-10-12-28-13-11-24)15-19(30(22,26)27)20(18)29-17-7-5-4-6-8-17;1-2-3-9-19-14-10-12(17(20)21)11-15(25(18,22)23)16(14)24-13-7-5-4-6-8-13;12-7(10-3-1-8-5-10)11-4-2-9-6-11;1-3-6-4-2-5-1/h4-8,14-15,23H,2-3,9-13H2,1H3,(H2,22,26,27);4-8,10-11,19H,2-3,9H2,1H3,(H,20,21)(H2,18,22,23);1-6H;5H,1-4H2. The van der Waals surface area contributed by atoms with Gasteiger partial charge in [-0.05, 0) is 61.4 Å². The van der Waals surface area contributed by atoms with Crippen molar-refractivity contribution in [2.45, 2.75) is 49.3 Å². The van der Waals surface area contributed by atoms with Gasteiger partial charge >= 0.3 is 12.0 Å². The number of carbonyl (C=O) groups excluding carboxylic acids is 2. The smallest absolute Gasteiger partial charge is 0.338 e. The number of para-hydroxylation sites is 2. The van der Waals surface area contributed by atoms with Crippen molar-refractivity contribution in [2.24, 2.45) is 10.3 Å². The van der Waals surface area contributed by atoms with Crippen LogP contribution in [0.2, 0.25) is 0 Å². The summed E-state index contributed by atoms with van der Waals surface area (Å²) in [7, 11) is -8.34. The van der Waals surface area contributed by atoms with Crippen molar-refractivity contribution in [1.82, 2.24) is 29.3 Å². The molecule has 392 valence electrons. The number of amides is 1. The summed E-state index contributed by atoms with van der Waals surface area (Å²) in [6.07, 6.45) is 12.7. The van der Waals surface area contributed by atoms with Gasteiger partial charge in [0.15, 0.2) is 11.5 Å². The lowest BCUT2D eigenvalue weighted by molar-refractivity contribution is 0.0302. The highest BCUT2D eigenvalue weighted by Crippen LogP contribution is 2.39. The van der Waals surface area contributed by atoms with E-state index < -0.39 is 26.0 Å². The van der Waals surface area contributed by atoms with Crippen LogP contribution in [0.15, 0.2) is 132 Å². The number of nitrogens with one attached hydrogen (secondary N) is 3. The summed E-state index contributed by atoms with van der Waals surface area (Å²) >= 11 is 0. The van der Waals surface area contributed by atoms with Crippen molar-refractivity contribution in [3.63, 3.8) is 0 Å². The molecule has 1 amide bonds. The summed E-state index contributed by atoms with van der Waals surface area (Å²) in [6.45, 7) is 10.8. The number of nitrogens with two attached hydrogens (primary N) is 2. The van der Waals surface area contributed by atoms with E-state index in [4.69, 9.17) is 29.2 Å². The first kappa shape index (κ1) is 56.7. The molecule has 2 fully saturated rings. The van der Waals surface area contributed by atoms with Gasteiger partial charge in [0.1, 0.15) is 33.9 Å². The first-order valence-corrected chi connectivity index (χ1v) is 26.4. The highest BCUT2D eigenvalue weighted by atomic mass is 32.2. The van der Waals surface area contributed by atoms with Crippen LogP contribution in [0.4, 0.5) is 16.2 Å². The largest absolute Gasteiger partial charge is 0.478 e. The maximum atomic E-state index is 13.0. The number of primary sulfonamides is 2. The van der Waals surface area contributed by atoms with E-state index in [0.29, 0.717) is 56.6 Å². The lowest BCUT2D eigenvalue weighted by Gasteiger charge is -2.27. The van der Waals surface area contributed by atoms with E-state index in [-0.39, 0.29) is 50.0 Å². The van der Waals surface area contributed by atoms with Crippen molar-refractivity contribution >= 4 is 49.3 Å². The molecule has 4 heterocycles. The molecular weight excluding hydrogens is 985 g/mol. The molecule has 2 saturated heterocycles. The van der Waals surface area contributed by atoms with Gasteiger partial charge in [-0.15, -0.1) is 0 Å². The topological polar surface area (TPSA) is 304 Å². The Balaban J connectivity index is 0.000000204. The van der Waals surface area contributed by atoms with Gasteiger partial charge in [-0.25, -0.2) is 46.7 Å². The first-order valence-electron chi connectivity index (χ1n) is 23.3. The molecule has 24 heteroatoms. The Hall–Kier alpha value is -7.19. The molecule has 22 nitrogen and oxygen atoms in total. The average molecular weight is 1050 g/mol. The number of aromatic carboxylic acids is 1. The molecule has 0 spiro atoms. The third-order valence-electron chi connectivity index (χ3n) is 10.4. The molecule has 2 aliphatic rings. The third-order valence-corrected chi connectivity index (χ3v) is 12.3. The molecule has 2 aromatic heterocycles. The lowest BCUT2D eigenvalue weighted by Crippen LogP contribution is -2.40. The number of hydrogen-bond donors (Lipinski definition) is 6. The number of unbranched alkanes of at least 4 members (excludes halogenated alkanes) is 2. The maximum Gasteiger partial charge on any atom is 0.338 e. The van der Waals surface area contributed by atoms with Crippen LogP contribution in [-0.2, 0) is 29.5 Å².